The van der Waals surface area contributed by atoms with Gasteiger partial charge in [0.1, 0.15) is 17.1 Å². The van der Waals surface area contributed by atoms with E-state index in [1.54, 1.807) is 4.68 Å². The number of fused-ring (bicyclic) bond motifs is 2. The van der Waals surface area contributed by atoms with Crippen molar-refractivity contribution in [3.8, 4) is 17.5 Å². The molecule has 1 saturated heterocycles. The number of ether oxygens (including phenoxy) is 3. The summed E-state index contributed by atoms with van der Waals surface area (Å²) in [7, 11) is 0. The first kappa shape index (κ1) is 26.1. The number of hydrogen-bond donors (Lipinski definition) is 0. The van der Waals surface area contributed by atoms with Crippen LogP contribution in [0.2, 0.25) is 0 Å². The molecule has 1 saturated carbocycles. The summed E-state index contributed by atoms with van der Waals surface area (Å²) in [5.74, 6) is 1.73. The summed E-state index contributed by atoms with van der Waals surface area (Å²) in [6, 6.07) is 5.42. The number of nitrogens with zero attached hydrogens (tertiary/aromatic N) is 4. The van der Waals surface area contributed by atoms with Gasteiger partial charge in [0.15, 0.2) is 5.82 Å². The van der Waals surface area contributed by atoms with Crippen LogP contribution in [0, 0.1) is 17.8 Å². The molecule has 2 aromatic rings. The Morgan fingerprint density at radius 2 is 1.64 bits per heavy atom. The Bertz CT molecular complexity index is 1050. The lowest BCUT2D eigenvalue weighted by molar-refractivity contribution is -0.274. The summed E-state index contributed by atoms with van der Waals surface area (Å²) in [5.41, 5.74) is -0.525. The number of piperidine rings is 1. The fourth-order valence-corrected chi connectivity index (χ4v) is 5.01. The minimum atomic E-state index is -4.75. The van der Waals surface area contributed by atoms with E-state index in [1.165, 1.54) is 24.3 Å². The van der Waals surface area contributed by atoms with Gasteiger partial charge in [0, 0.05) is 19.5 Å². The SMILES string of the molecule is CC(C)n1nc(CC2[C@@H]3CC[C@H]2CN(C(=O)OC(C)(C)C)C3)nc1Oc1ccc(OC(F)(F)F)cc1. The smallest absolute Gasteiger partial charge is 0.444 e. The zero-order chi connectivity index (χ0) is 26.3. The van der Waals surface area contributed by atoms with E-state index in [0.717, 1.165) is 12.8 Å². The Hall–Kier alpha value is -2.98. The van der Waals surface area contributed by atoms with Crippen molar-refractivity contribution in [3.05, 3.63) is 30.1 Å². The second-order valence-electron chi connectivity index (χ2n) is 10.8. The van der Waals surface area contributed by atoms with Gasteiger partial charge in [-0.25, -0.2) is 9.48 Å². The van der Waals surface area contributed by atoms with Crippen LogP contribution in [-0.4, -0.2) is 50.8 Å². The molecule has 2 aliphatic rings. The number of carbonyl (C=O) groups excluding carboxylic acids is 1. The second kappa shape index (κ2) is 9.82. The third-order valence-corrected chi connectivity index (χ3v) is 6.50. The van der Waals surface area contributed by atoms with Crippen LogP contribution in [0.25, 0.3) is 0 Å². The molecule has 11 heteroatoms. The van der Waals surface area contributed by atoms with E-state index in [4.69, 9.17) is 9.47 Å². The van der Waals surface area contributed by atoms with Crippen LogP contribution in [0.3, 0.4) is 0 Å². The molecule has 1 aromatic heterocycles. The summed E-state index contributed by atoms with van der Waals surface area (Å²) >= 11 is 0. The van der Waals surface area contributed by atoms with Crippen LogP contribution in [0.1, 0.15) is 59.3 Å². The number of alkyl halides is 3. The molecule has 8 nitrogen and oxygen atoms in total. The summed E-state index contributed by atoms with van der Waals surface area (Å²) in [4.78, 5) is 19.0. The van der Waals surface area contributed by atoms with Crippen molar-refractivity contribution >= 4 is 6.09 Å². The van der Waals surface area contributed by atoms with Crippen LogP contribution in [-0.2, 0) is 11.2 Å². The molecule has 36 heavy (non-hydrogen) atoms. The molecule has 2 fully saturated rings. The summed E-state index contributed by atoms with van der Waals surface area (Å²) in [5, 5.41) is 4.67. The molecule has 3 atom stereocenters. The fourth-order valence-electron chi connectivity index (χ4n) is 5.01. The molecule has 0 radical (unpaired) electrons. The van der Waals surface area contributed by atoms with Crippen LogP contribution in [0.15, 0.2) is 24.3 Å². The van der Waals surface area contributed by atoms with Crippen molar-refractivity contribution in [1.82, 2.24) is 19.7 Å². The standard InChI is InChI=1S/C25H33F3N4O4/c1-15(2)32-22(34-18-8-10-19(11-9-18)35-25(26,27)28)29-21(30-32)12-20-16-6-7-17(20)14-31(13-16)23(33)36-24(3,4)5/h8-11,15-17,20H,6-7,12-14H2,1-5H3/t16-,17+,20?. The lowest BCUT2D eigenvalue weighted by Crippen LogP contribution is -2.47. The monoisotopic (exact) mass is 510 g/mol. The molecule has 4 rings (SSSR count). The van der Waals surface area contributed by atoms with Gasteiger partial charge < -0.3 is 19.1 Å². The van der Waals surface area contributed by atoms with Crippen molar-refractivity contribution < 1.29 is 32.2 Å². The van der Waals surface area contributed by atoms with Crippen LogP contribution in [0.5, 0.6) is 17.5 Å². The number of likely N-dealkylation sites (tertiary alicyclic amines) is 1. The minimum absolute atomic E-state index is 0.0279. The summed E-state index contributed by atoms with van der Waals surface area (Å²) in [6.45, 7) is 10.8. The number of aromatic nitrogens is 3. The first-order valence-corrected chi connectivity index (χ1v) is 12.2. The van der Waals surface area contributed by atoms with Gasteiger partial charge in [-0.2, -0.15) is 10.1 Å². The number of carbonyl (C=O) groups is 1. The van der Waals surface area contributed by atoms with Gasteiger partial charge in [0.05, 0.1) is 6.04 Å². The number of halogens is 3. The van der Waals surface area contributed by atoms with E-state index in [1.807, 2.05) is 39.5 Å². The number of amides is 1. The Morgan fingerprint density at radius 3 is 2.17 bits per heavy atom. The first-order valence-electron chi connectivity index (χ1n) is 12.2. The zero-order valence-electron chi connectivity index (χ0n) is 21.2. The van der Waals surface area contributed by atoms with Crippen molar-refractivity contribution in [2.45, 2.75) is 71.9 Å². The molecular weight excluding hydrogens is 477 g/mol. The summed E-state index contributed by atoms with van der Waals surface area (Å²) in [6.07, 6.45) is -2.24. The highest BCUT2D eigenvalue weighted by Gasteiger charge is 2.44. The molecular formula is C25H33F3N4O4. The third kappa shape index (κ3) is 6.41. The Morgan fingerprint density at radius 1 is 1.06 bits per heavy atom. The average molecular weight is 511 g/mol. The van der Waals surface area contributed by atoms with Gasteiger partial charge in [0.2, 0.25) is 0 Å². The lowest BCUT2D eigenvalue weighted by atomic mass is 9.82. The number of hydrogen-bond acceptors (Lipinski definition) is 6. The van der Waals surface area contributed by atoms with Crippen LogP contribution in [0.4, 0.5) is 18.0 Å². The molecule has 198 valence electrons. The minimum Gasteiger partial charge on any atom is -0.444 e. The Balaban J connectivity index is 1.43. The third-order valence-electron chi connectivity index (χ3n) is 6.50. The number of benzene rings is 1. The van der Waals surface area contributed by atoms with Crippen molar-refractivity contribution in [2.75, 3.05) is 13.1 Å². The fraction of sp³-hybridized carbons (Fsp3) is 0.640. The molecule has 2 bridgehead atoms. The molecule has 1 unspecified atom stereocenters. The zero-order valence-corrected chi connectivity index (χ0v) is 21.2. The Labute approximate surface area is 208 Å². The molecule has 0 spiro atoms. The van der Waals surface area contributed by atoms with E-state index in [-0.39, 0.29) is 23.9 Å². The average Bonchev–Trinajstić information content (AvgIpc) is 3.23. The first-order chi connectivity index (χ1) is 16.8. The van der Waals surface area contributed by atoms with Crippen molar-refractivity contribution in [3.63, 3.8) is 0 Å². The maximum absolute atomic E-state index is 12.6. The largest absolute Gasteiger partial charge is 0.573 e. The van der Waals surface area contributed by atoms with Gasteiger partial charge in [-0.15, -0.1) is 13.2 Å². The van der Waals surface area contributed by atoms with Gasteiger partial charge >= 0.3 is 18.5 Å². The lowest BCUT2D eigenvalue weighted by Gasteiger charge is -2.38. The molecule has 0 N–H and O–H groups in total. The highest BCUT2D eigenvalue weighted by molar-refractivity contribution is 5.68. The maximum atomic E-state index is 12.6. The van der Waals surface area contributed by atoms with Crippen molar-refractivity contribution in [1.29, 1.82) is 0 Å². The quantitative estimate of drug-likeness (QED) is 0.475. The highest BCUT2D eigenvalue weighted by Crippen LogP contribution is 2.44. The normalized spacial score (nSPS) is 22.1. The molecule has 2 heterocycles. The molecule has 1 amide bonds. The van der Waals surface area contributed by atoms with Crippen LogP contribution >= 0.6 is 0 Å². The van der Waals surface area contributed by atoms with Gasteiger partial charge in [-0.05, 0) is 89.5 Å². The van der Waals surface area contributed by atoms with Gasteiger partial charge in [0.25, 0.3) is 0 Å². The van der Waals surface area contributed by atoms with E-state index < -0.39 is 12.0 Å². The molecule has 1 aliphatic heterocycles. The van der Waals surface area contributed by atoms with Crippen molar-refractivity contribution in [2.24, 2.45) is 17.8 Å². The van der Waals surface area contributed by atoms with E-state index in [9.17, 15) is 18.0 Å². The predicted molar refractivity (Wildman–Crippen MR) is 125 cm³/mol. The second-order valence-corrected chi connectivity index (χ2v) is 10.8. The Kier molecular flexibility index (Phi) is 7.12. The van der Waals surface area contributed by atoms with Gasteiger partial charge in [-0.3, -0.25) is 0 Å². The van der Waals surface area contributed by atoms with E-state index in [0.29, 0.717) is 48.8 Å². The molecule has 1 aromatic carbocycles. The van der Waals surface area contributed by atoms with E-state index >= 15 is 0 Å². The van der Waals surface area contributed by atoms with Crippen LogP contribution < -0.4 is 9.47 Å². The predicted octanol–water partition coefficient (Wildman–Crippen LogP) is 5.99. The maximum Gasteiger partial charge on any atom is 0.573 e. The topological polar surface area (TPSA) is 78.7 Å². The van der Waals surface area contributed by atoms with E-state index in [2.05, 4.69) is 14.8 Å². The highest BCUT2D eigenvalue weighted by atomic mass is 19.4. The number of rotatable bonds is 6. The summed E-state index contributed by atoms with van der Waals surface area (Å²) < 4.78 is 54.3. The molecule has 1 aliphatic carbocycles. The van der Waals surface area contributed by atoms with Gasteiger partial charge in [-0.1, -0.05) is 0 Å².